The number of halogens is 1. The standard InChI is InChI=1S/C14H23P.ClH.Pd/c1-13(2,3)15(14(4,5)6)12-10-8-7-9-11-12;;/h7-11H,1-6H3;1H;/q;;+1/p-1. The molecule has 0 unspecified atom stereocenters. The molecular formula is C14H23ClPPd. The van der Waals surface area contributed by atoms with Gasteiger partial charge < -0.3 is 0 Å². The zero-order valence-corrected chi connectivity index (χ0v) is 14.7. The van der Waals surface area contributed by atoms with E-state index in [2.05, 4.69) is 99.6 Å². The van der Waals surface area contributed by atoms with E-state index in [4.69, 9.17) is 0 Å². The van der Waals surface area contributed by atoms with E-state index in [9.17, 15) is 0 Å². The Morgan fingerprint density at radius 2 is 1.18 bits per heavy atom. The monoisotopic (exact) mass is 363 g/mol. The van der Waals surface area contributed by atoms with Gasteiger partial charge in [-0.25, -0.2) is 0 Å². The van der Waals surface area contributed by atoms with E-state index in [0.717, 1.165) is 0 Å². The van der Waals surface area contributed by atoms with E-state index in [-0.39, 0.29) is 7.92 Å². The fraction of sp³-hybridized carbons (Fsp3) is 0.571. The average molecular weight is 364 g/mol. The molecular weight excluding hydrogens is 341 g/mol. The molecule has 1 aromatic carbocycles. The zero-order valence-electron chi connectivity index (χ0n) is 11.5. The minimum atomic E-state index is -0.138. The van der Waals surface area contributed by atoms with E-state index in [1.54, 1.807) is 0 Å². The van der Waals surface area contributed by atoms with Crippen molar-refractivity contribution in [1.29, 1.82) is 0 Å². The predicted octanol–water partition coefficient (Wildman–Crippen LogP) is 5.08. The summed E-state index contributed by atoms with van der Waals surface area (Å²) >= 11 is 2.22. The Hall–Kier alpha value is 0.602. The van der Waals surface area contributed by atoms with E-state index in [1.165, 1.54) is 5.30 Å². The molecule has 101 valence electrons. The third-order valence-corrected chi connectivity index (χ3v) is 5.85. The van der Waals surface area contributed by atoms with Crippen LogP contribution in [0, 0.1) is 0 Å². The van der Waals surface area contributed by atoms with Gasteiger partial charge >= 0.3 is 27.7 Å². The molecule has 0 aromatic heterocycles. The van der Waals surface area contributed by atoms with Crippen molar-refractivity contribution in [3.8, 4) is 0 Å². The topological polar surface area (TPSA) is 0 Å². The van der Waals surface area contributed by atoms with Crippen molar-refractivity contribution in [2.45, 2.75) is 51.9 Å². The third-order valence-electron chi connectivity index (χ3n) is 2.36. The van der Waals surface area contributed by atoms with Crippen LogP contribution < -0.4 is 5.30 Å². The Morgan fingerprint density at radius 3 is 1.47 bits per heavy atom. The molecule has 0 aliphatic rings. The summed E-state index contributed by atoms with van der Waals surface area (Å²) < 4.78 is 0. The summed E-state index contributed by atoms with van der Waals surface area (Å²) in [5.41, 5.74) is 0. The number of hydrogen-bond donors (Lipinski definition) is 0. The van der Waals surface area contributed by atoms with Gasteiger partial charge in [0.2, 0.25) is 0 Å². The molecule has 0 aliphatic carbocycles. The Bertz CT molecular complexity index is 297. The predicted molar refractivity (Wildman–Crippen MR) is 78.4 cm³/mol. The molecule has 0 heterocycles. The fourth-order valence-electron chi connectivity index (χ4n) is 2.36. The summed E-state index contributed by atoms with van der Waals surface area (Å²) in [7, 11) is 4.35. The first-order valence-electron chi connectivity index (χ1n) is 5.70. The van der Waals surface area contributed by atoms with Crippen molar-refractivity contribution in [2.75, 3.05) is 0 Å². The van der Waals surface area contributed by atoms with Crippen LogP contribution in [0.2, 0.25) is 0 Å². The average Bonchev–Trinajstić information content (AvgIpc) is 2.18. The van der Waals surface area contributed by atoms with E-state index < -0.39 is 0 Å². The van der Waals surface area contributed by atoms with Gasteiger partial charge in [-0.3, -0.25) is 0 Å². The summed E-state index contributed by atoms with van der Waals surface area (Å²) in [6.07, 6.45) is 0. The van der Waals surface area contributed by atoms with Gasteiger partial charge in [0.25, 0.3) is 0 Å². The summed E-state index contributed by atoms with van der Waals surface area (Å²) in [6.45, 7) is 14.1. The second kappa shape index (κ2) is 7.26. The van der Waals surface area contributed by atoms with Crippen molar-refractivity contribution < 1.29 is 18.2 Å². The molecule has 0 saturated carbocycles. The first kappa shape index (κ1) is 17.6. The fourth-order valence-corrected chi connectivity index (χ4v) is 6.39. The summed E-state index contributed by atoms with van der Waals surface area (Å²) in [5.74, 6) is 0. The molecule has 0 amide bonds. The van der Waals surface area contributed by atoms with Crippen LogP contribution in [0.25, 0.3) is 0 Å². The second-order valence-electron chi connectivity index (χ2n) is 6.01. The van der Waals surface area contributed by atoms with E-state index in [1.807, 2.05) is 0 Å². The Morgan fingerprint density at radius 1 is 0.824 bits per heavy atom. The van der Waals surface area contributed by atoms with Crippen molar-refractivity contribution in [3.05, 3.63) is 30.3 Å². The van der Waals surface area contributed by atoms with E-state index in [0.29, 0.717) is 10.3 Å². The number of hydrogen-bond acceptors (Lipinski definition) is 0. The maximum absolute atomic E-state index is 4.49. The molecule has 0 nitrogen and oxygen atoms in total. The Balaban J connectivity index is 0.00000121. The van der Waals surface area contributed by atoms with Gasteiger partial charge in [0, 0.05) is 0 Å². The molecule has 0 saturated heterocycles. The van der Waals surface area contributed by atoms with Crippen molar-refractivity contribution in [1.82, 2.24) is 0 Å². The van der Waals surface area contributed by atoms with Gasteiger partial charge in [0.15, 0.2) is 0 Å². The van der Waals surface area contributed by atoms with Gasteiger partial charge in [-0.15, -0.1) is 0 Å². The first-order chi connectivity index (χ1) is 7.73. The van der Waals surface area contributed by atoms with Crippen LogP contribution in [0.15, 0.2) is 30.3 Å². The molecule has 3 heteroatoms. The van der Waals surface area contributed by atoms with Gasteiger partial charge in [-0.2, -0.15) is 0 Å². The molecule has 0 atom stereocenters. The summed E-state index contributed by atoms with van der Waals surface area (Å²) in [4.78, 5) is 0. The van der Waals surface area contributed by atoms with Crippen LogP contribution in [-0.2, 0) is 18.2 Å². The van der Waals surface area contributed by atoms with E-state index >= 15 is 0 Å². The first-order valence-corrected chi connectivity index (χ1v) is 9.04. The minimum absolute atomic E-state index is 0.138. The van der Waals surface area contributed by atoms with Crippen LogP contribution in [0.4, 0.5) is 0 Å². The quantitative estimate of drug-likeness (QED) is 0.482. The van der Waals surface area contributed by atoms with Crippen molar-refractivity contribution in [3.63, 3.8) is 0 Å². The SMILES string of the molecule is CC(C)(C)P(c1ccccc1)C(C)(C)C.[Cl][Pd]. The van der Waals surface area contributed by atoms with Crippen LogP contribution in [0.3, 0.4) is 0 Å². The van der Waals surface area contributed by atoms with Gasteiger partial charge in [0.05, 0.1) is 0 Å². The Kier molecular flexibility index (Phi) is 7.51. The van der Waals surface area contributed by atoms with Gasteiger partial charge in [-0.05, 0) is 15.6 Å². The molecule has 0 bridgehead atoms. The molecule has 1 rings (SSSR count). The summed E-state index contributed by atoms with van der Waals surface area (Å²) in [6, 6.07) is 11.0. The second-order valence-corrected chi connectivity index (χ2v) is 9.88. The molecule has 1 aromatic rings. The normalized spacial score (nSPS) is 12.1. The Labute approximate surface area is 123 Å². The number of rotatable bonds is 1. The number of benzene rings is 1. The molecule has 0 N–H and O–H groups in total. The maximum atomic E-state index is 4.49. The van der Waals surface area contributed by atoms with Crippen molar-refractivity contribution in [2.24, 2.45) is 0 Å². The van der Waals surface area contributed by atoms with Gasteiger partial charge in [-0.1, -0.05) is 79.8 Å². The van der Waals surface area contributed by atoms with Crippen LogP contribution >= 0.6 is 17.5 Å². The molecule has 17 heavy (non-hydrogen) atoms. The van der Waals surface area contributed by atoms with Gasteiger partial charge in [0.1, 0.15) is 0 Å². The third kappa shape index (κ3) is 5.85. The van der Waals surface area contributed by atoms with Crippen molar-refractivity contribution >= 4 is 22.8 Å². The van der Waals surface area contributed by atoms with Crippen LogP contribution in [0.1, 0.15) is 41.5 Å². The molecule has 0 spiro atoms. The van der Waals surface area contributed by atoms with Crippen LogP contribution in [0.5, 0.6) is 0 Å². The molecule has 0 aliphatic heterocycles. The molecule has 0 radical (unpaired) electrons. The van der Waals surface area contributed by atoms with Crippen LogP contribution in [-0.4, -0.2) is 10.3 Å². The molecule has 0 fully saturated rings. The zero-order chi connectivity index (χ0) is 13.7. The summed E-state index contributed by atoms with van der Waals surface area (Å²) in [5, 5.41) is 2.26.